The maximum Gasteiger partial charge on any atom is 0.303 e. The molecule has 6 heteroatoms. The van der Waals surface area contributed by atoms with Crippen molar-refractivity contribution in [3.05, 3.63) is 89.1 Å². The predicted molar refractivity (Wildman–Crippen MR) is 165 cm³/mol. The molecule has 0 aliphatic carbocycles. The number of carbonyl (C=O) groups is 1. The number of aryl methyl sites for hydroxylation is 2. The molecule has 0 saturated heterocycles. The summed E-state index contributed by atoms with van der Waals surface area (Å²) in [6.45, 7) is 7.12. The zero-order valence-electron chi connectivity index (χ0n) is 24.1. The molecule has 2 N–H and O–H groups in total. The number of anilines is 1. The summed E-state index contributed by atoms with van der Waals surface area (Å²) < 4.78 is 0. The first kappa shape index (κ1) is 29.2. The van der Waals surface area contributed by atoms with Crippen molar-refractivity contribution in [1.29, 1.82) is 0 Å². The van der Waals surface area contributed by atoms with Crippen LogP contribution in [-0.2, 0) is 24.2 Å². The van der Waals surface area contributed by atoms with Crippen LogP contribution in [0, 0.1) is 6.92 Å². The van der Waals surface area contributed by atoms with E-state index in [2.05, 4.69) is 79.6 Å². The van der Waals surface area contributed by atoms with Crippen LogP contribution in [0.5, 0.6) is 0 Å². The third-order valence-electron chi connectivity index (χ3n) is 7.30. The van der Waals surface area contributed by atoms with Gasteiger partial charge in [-0.25, -0.2) is 9.97 Å². The number of carboxylic acid groups (broad SMARTS) is 1. The molecule has 0 spiro atoms. The molecule has 0 aliphatic heterocycles. The molecule has 0 aliphatic rings. The largest absolute Gasteiger partial charge is 0.481 e. The minimum Gasteiger partial charge on any atom is -0.481 e. The summed E-state index contributed by atoms with van der Waals surface area (Å²) >= 11 is 0. The van der Waals surface area contributed by atoms with Gasteiger partial charge in [-0.2, -0.15) is 0 Å². The second-order valence-corrected chi connectivity index (χ2v) is 10.6. The fourth-order valence-corrected chi connectivity index (χ4v) is 5.07. The monoisotopic (exact) mass is 538 g/mol. The fraction of sp³-hybridized carbons (Fsp3) is 0.382. The first-order chi connectivity index (χ1) is 19.4. The second kappa shape index (κ2) is 14.6. The van der Waals surface area contributed by atoms with Crippen molar-refractivity contribution in [1.82, 2.24) is 15.3 Å². The average molecular weight is 539 g/mol. The van der Waals surface area contributed by atoms with E-state index in [0.717, 1.165) is 60.5 Å². The number of hydrogen-bond donors (Lipinski definition) is 2. The van der Waals surface area contributed by atoms with Gasteiger partial charge in [-0.15, -0.1) is 0 Å². The Morgan fingerprint density at radius 1 is 0.925 bits per heavy atom. The summed E-state index contributed by atoms with van der Waals surface area (Å²) in [6, 6.07) is 23.2. The first-order valence-corrected chi connectivity index (χ1v) is 14.5. The van der Waals surface area contributed by atoms with Crippen LogP contribution in [0.25, 0.3) is 22.3 Å². The number of nitrogens with zero attached hydrogens (tertiary/aromatic N) is 3. The highest BCUT2D eigenvalue weighted by Gasteiger charge is 2.12. The molecule has 4 rings (SSSR count). The normalized spacial score (nSPS) is 11.2. The van der Waals surface area contributed by atoms with Gasteiger partial charge in [0.15, 0.2) is 0 Å². The number of nitrogens with one attached hydrogen (secondary N) is 1. The molecular formula is C34H42N4O2. The maximum absolute atomic E-state index is 11.0. The number of benzene rings is 3. The lowest BCUT2D eigenvalue weighted by molar-refractivity contribution is -0.137. The third kappa shape index (κ3) is 8.12. The van der Waals surface area contributed by atoms with Crippen LogP contribution in [-0.4, -0.2) is 41.2 Å². The zero-order valence-corrected chi connectivity index (χ0v) is 24.1. The number of fused-ring (bicyclic) bond motifs is 1. The van der Waals surface area contributed by atoms with Crippen molar-refractivity contribution in [2.45, 2.75) is 65.3 Å². The molecule has 1 heterocycles. The van der Waals surface area contributed by atoms with E-state index in [1.807, 2.05) is 18.2 Å². The highest BCUT2D eigenvalue weighted by Crippen LogP contribution is 2.26. The SMILES string of the molecule is CCCCN(C)c1ccc(C)cc1CCNCc1ccc2nc(-c3ccccc3)c(CCCCC(=O)O)nc2c1. The van der Waals surface area contributed by atoms with Crippen LogP contribution >= 0.6 is 0 Å². The lowest BCUT2D eigenvalue weighted by Crippen LogP contribution is -2.22. The summed E-state index contributed by atoms with van der Waals surface area (Å²) in [5.74, 6) is -0.757. The minimum absolute atomic E-state index is 0.177. The number of rotatable bonds is 15. The van der Waals surface area contributed by atoms with Gasteiger partial charge in [0.1, 0.15) is 0 Å². The molecular weight excluding hydrogens is 496 g/mol. The molecule has 0 saturated carbocycles. The Labute approximate surface area is 238 Å². The van der Waals surface area contributed by atoms with Gasteiger partial charge in [-0.05, 0) is 74.9 Å². The van der Waals surface area contributed by atoms with E-state index < -0.39 is 5.97 Å². The van der Waals surface area contributed by atoms with Gasteiger partial charge in [0.2, 0.25) is 0 Å². The Morgan fingerprint density at radius 3 is 2.52 bits per heavy atom. The maximum atomic E-state index is 11.0. The summed E-state index contributed by atoms with van der Waals surface area (Å²) in [5, 5.41) is 12.6. The van der Waals surface area contributed by atoms with Crippen molar-refractivity contribution in [3.63, 3.8) is 0 Å². The van der Waals surface area contributed by atoms with Gasteiger partial charge in [-0.1, -0.05) is 67.4 Å². The van der Waals surface area contributed by atoms with Crippen molar-refractivity contribution in [2.24, 2.45) is 0 Å². The van der Waals surface area contributed by atoms with Crippen LogP contribution in [0.15, 0.2) is 66.7 Å². The molecule has 0 amide bonds. The van der Waals surface area contributed by atoms with Crippen LogP contribution in [0.4, 0.5) is 5.69 Å². The smallest absolute Gasteiger partial charge is 0.303 e. The van der Waals surface area contributed by atoms with E-state index in [9.17, 15) is 4.79 Å². The van der Waals surface area contributed by atoms with E-state index in [4.69, 9.17) is 15.1 Å². The summed E-state index contributed by atoms with van der Waals surface area (Å²) in [6.07, 6.45) is 5.64. The van der Waals surface area contributed by atoms with Crippen molar-refractivity contribution >= 4 is 22.7 Å². The Kier molecular flexibility index (Phi) is 10.6. The van der Waals surface area contributed by atoms with Crippen LogP contribution < -0.4 is 10.2 Å². The van der Waals surface area contributed by atoms with Gasteiger partial charge in [0, 0.05) is 37.8 Å². The highest BCUT2D eigenvalue weighted by molar-refractivity contribution is 5.79. The van der Waals surface area contributed by atoms with E-state index in [-0.39, 0.29) is 6.42 Å². The summed E-state index contributed by atoms with van der Waals surface area (Å²) in [4.78, 5) is 23.4. The Balaban J connectivity index is 1.45. The Bertz CT molecular complexity index is 1400. The molecule has 210 valence electrons. The van der Waals surface area contributed by atoms with E-state index in [1.54, 1.807) is 0 Å². The highest BCUT2D eigenvalue weighted by atomic mass is 16.4. The quantitative estimate of drug-likeness (QED) is 0.159. The molecule has 0 fully saturated rings. The predicted octanol–water partition coefficient (Wildman–Crippen LogP) is 6.97. The van der Waals surface area contributed by atoms with Crippen LogP contribution in [0.3, 0.4) is 0 Å². The van der Waals surface area contributed by atoms with Gasteiger partial charge >= 0.3 is 5.97 Å². The van der Waals surface area contributed by atoms with Gasteiger partial charge in [0.05, 0.1) is 22.4 Å². The number of hydrogen-bond acceptors (Lipinski definition) is 5. The molecule has 3 aromatic carbocycles. The molecule has 40 heavy (non-hydrogen) atoms. The molecule has 0 radical (unpaired) electrons. The molecule has 0 unspecified atom stereocenters. The van der Waals surface area contributed by atoms with Crippen molar-refractivity contribution in [3.8, 4) is 11.3 Å². The standard InChI is InChI=1S/C34H42N4O2/c1-4-5-21-38(3)32-18-15-25(2)22-28(32)19-20-35-24-26-16-17-29-31(23-26)36-30(13-9-10-14-33(39)40)34(37-29)27-11-7-6-8-12-27/h6-8,11-12,15-18,22-23,35H,4-5,9-10,13-14,19-21,24H2,1-3H3,(H,39,40). The van der Waals surface area contributed by atoms with Gasteiger partial charge in [-0.3, -0.25) is 4.79 Å². The number of unbranched alkanes of at least 4 members (excludes halogenated alkanes) is 2. The Morgan fingerprint density at radius 2 is 1.75 bits per heavy atom. The second-order valence-electron chi connectivity index (χ2n) is 10.6. The van der Waals surface area contributed by atoms with E-state index in [0.29, 0.717) is 12.8 Å². The molecule has 0 atom stereocenters. The van der Waals surface area contributed by atoms with Gasteiger partial charge in [0.25, 0.3) is 0 Å². The number of aliphatic carboxylic acids is 1. The molecule has 0 bridgehead atoms. The average Bonchev–Trinajstić information content (AvgIpc) is 2.96. The van der Waals surface area contributed by atoms with E-state index in [1.165, 1.54) is 35.2 Å². The zero-order chi connectivity index (χ0) is 28.3. The first-order valence-electron chi connectivity index (χ1n) is 14.5. The minimum atomic E-state index is -0.757. The van der Waals surface area contributed by atoms with E-state index >= 15 is 0 Å². The topological polar surface area (TPSA) is 78.4 Å². The van der Waals surface area contributed by atoms with Gasteiger partial charge < -0.3 is 15.3 Å². The third-order valence-corrected chi connectivity index (χ3v) is 7.30. The van der Waals surface area contributed by atoms with Crippen molar-refractivity contribution < 1.29 is 9.90 Å². The molecule has 4 aromatic rings. The molecule has 1 aromatic heterocycles. The lowest BCUT2D eigenvalue weighted by atomic mass is 10.0. The lowest BCUT2D eigenvalue weighted by Gasteiger charge is -2.23. The number of aromatic nitrogens is 2. The fourth-order valence-electron chi connectivity index (χ4n) is 5.07. The number of carboxylic acids is 1. The summed E-state index contributed by atoms with van der Waals surface area (Å²) in [7, 11) is 2.19. The van der Waals surface area contributed by atoms with Crippen molar-refractivity contribution in [2.75, 3.05) is 25.0 Å². The molecule has 6 nitrogen and oxygen atoms in total. The van der Waals surface area contributed by atoms with Crippen LogP contribution in [0.1, 0.15) is 61.4 Å². The Hall–Kier alpha value is -3.77. The summed E-state index contributed by atoms with van der Waals surface area (Å²) in [5.41, 5.74) is 9.78. The van der Waals surface area contributed by atoms with Crippen LogP contribution in [0.2, 0.25) is 0 Å².